The van der Waals surface area contributed by atoms with Crippen LogP contribution in [0.2, 0.25) is 0 Å². The Morgan fingerprint density at radius 1 is 1.35 bits per heavy atom. The van der Waals surface area contributed by atoms with E-state index in [-0.39, 0.29) is 23.9 Å². The summed E-state index contributed by atoms with van der Waals surface area (Å²) in [6, 6.07) is 10.1. The monoisotopic (exact) mass is 232 g/mol. The third kappa shape index (κ3) is 2.86. The maximum absolute atomic E-state index is 12.0. The lowest BCUT2D eigenvalue weighted by Gasteiger charge is -2.19. The van der Waals surface area contributed by atoms with Gasteiger partial charge < -0.3 is 11.1 Å². The molecule has 3 heteroatoms. The Bertz CT molecular complexity index is 377. The Morgan fingerprint density at radius 3 is 2.65 bits per heavy atom. The number of benzene rings is 1. The number of carbonyl (C=O) groups is 1. The number of hydrogen-bond donors (Lipinski definition) is 2. The number of nitrogens with one attached hydrogen (secondary N) is 1. The van der Waals surface area contributed by atoms with E-state index in [0.29, 0.717) is 0 Å². The summed E-state index contributed by atoms with van der Waals surface area (Å²) in [5.74, 6) is 0.104. The van der Waals surface area contributed by atoms with E-state index in [4.69, 9.17) is 5.73 Å². The van der Waals surface area contributed by atoms with Crippen LogP contribution in [0, 0.1) is 5.92 Å². The first-order valence-corrected chi connectivity index (χ1v) is 6.29. The Hall–Kier alpha value is -1.35. The molecule has 2 unspecified atom stereocenters. The third-order valence-corrected chi connectivity index (χ3v) is 3.56. The van der Waals surface area contributed by atoms with Gasteiger partial charge in [-0.1, -0.05) is 36.8 Å². The van der Waals surface area contributed by atoms with E-state index >= 15 is 0 Å². The van der Waals surface area contributed by atoms with Gasteiger partial charge in [0.2, 0.25) is 5.91 Å². The van der Waals surface area contributed by atoms with Crippen LogP contribution in [-0.4, -0.2) is 11.9 Å². The molecule has 3 atom stereocenters. The summed E-state index contributed by atoms with van der Waals surface area (Å²) in [4.78, 5) is 12.0. The van der Waals surface area contributed by atoms with E-state index in [1.165, 1.54) is 0 Å². The number of hydrogen-bond acceptors (Lipinski definition) is 2. The van der Waals surface area contributed by atoms with Gasteiger partial charge in [-0.3, -0.25) is 4.79 Å². The molecule has 0 radical (unpaired) electrons. The van der Waals surface area contributed by atoms with Crippen LogP contribution >= 0.6 is 0 Å². The number of amides is 1. The lowest BCUT2D eigenvalue weighted by Crippen LogP contribution is -2.39. The highest BCUT2D eigenvalue weighted by atomic mass is 16.2. The Labute approximate surface area is 102 Å². The fourth-order valence-corrected chi connectivity index (χ4v) is 2.46. The van der Waals surface area contributed by atoms with Crippen molar-refractivity contribution in [1.82, 2.24) is 5.32 Å². The molecule has 3 N–H and O–H groups in total. The predicted octanol–water partition coefficient (Wildman–Crippen LogP) is 1.99. The highest BCUT2D eigenvalue weighted by molar-refractivity contribution is 5.80. The fourth-order valence-electron chi connectivity index (χ4n) is 2.46. The molecule has 1 aromatic rings. The van der Waals surface area contributed by atoms with E-state index in [9.17, 15) is 4.79 Å². The van der Waals surface area contributed by atoms with Crippen molar-refractivity contribution in [2.24, 2.45) is 11.7 Å². The molecule has 1 amide bonds. The zero-order chi connectivity index (χ0) is 12.3. The van der Waals surface area contributed by atoms with Crippen molar-refractivity contribution >= 4 is 5.91 Å². The molecule has 0 bridgehead atoms. The van der Waals surface area contributed by atoms with E-state index in [0.717, 1.165) is 24.8 Å². The van der Waals surface area contributed by atoms with E-state index in [1.807, 2.05) is 37.3 Å². The van der Waals surface area contributed by atoms with Gasteiger partial charge in [-0.15, -0.1) is 0 Å². The summed E-state index contributed by atoms with van der Waals surface area (Å²) in [5.41, 5.74) is 7.07. The van der Waals surface area contributed by atoms with Gasteiger partial charge in [0, 0.05) is 6.04 Å². The van der Waals surface area contributed by atoms with Gasteiger partial charge in [0.15, 0.2) is 0 Å². The minimum absolute atomic E-state index is 0.00108. The lowest BCUT2D eigenvalue weighted by molar-refractivity contribution is -0.125. The van der Waals surface area contributed by atoms with Gasteiger partial charge in [-0.2, -0.15) is 0 Å². The van der Waals surface area contributed by atoms with Gasteiger partial charge in [0.25, 0.3) is 0 Å². The molecule has 1 aliphatic carbocycles. The fraction of sp³-hybridized carbons (Fsp3) is 0.500. The first-order chi connectivity index (χ1) is 8.18. The highest BCUT2D eigenvalue weighted by Crippen LogP contribution is 2.25. The number of carbonyl (C=O) groups excluding carboxylic acids is 1. The van der Waals surface area contributed by atoms with Crippen LogP contribution in [0.5, 0.6) is 0 Å². The second kappa shape index (κ2) is 5.32. The molecule has 0 saturated heterocycles. The second-order valence-corrected chi connectivity index (χ2v) is 4.84. The van der Waals surface area contributed by atoms with E-state index in [2.05, 4.69) is 5.32 Å². The van der Waals surface area contributed by atoms with E-state index in [1.54, 1.807) is 0 Å². The van der Waals surface area contributed by atoms with Crippen molar-refractivity contribution in [2.45, 2.75) is 38.3 Å². The molecule has 92 valence electrons. The molecule has 1 aliphatic rings. The zero-order valence-electron chi connectivity index (χ0n) is 10.2. The minimum Gasteiger partial charge on any atom is -0.349 e. The average Bonchev–Trinajstić information content (AvgIpc) is 2.76. The molecule has 0 heterocycles. The van der Waals surface area contributed by atoms with Crippen LogP contribution in [-0.2, 0) is 4.79 Å². The summed E-state index contributed by atoms with van der Waals surface area (Å²) >= 11 is 0. The number of nitrogens with two attached hydrogens (primary N) is 1. The van der Waals surface area contributed by atoms with Gasteiger partial charge in [-0.05, 0) is 25.3 Å². The molecule has 2 rings (SSSR count). The summed E-state index contributed by atoms with van der Waals surface area (Å²) in [6.45, 7) is 2.01. The van der Waals surface area contributed by atoms with Gasteiger partial charge >= 0.3 is 0 Å². The van der Waals surface area contributed by atoms with Crippen molar-refractivity contribution in [3.63, 3.8) is 0 Å². The first kappa shape index (κ1) is 12.1. The minimum atomic E-state index is 0.00108. The summed E-state index contributed by atoms with van der Waals surface area (Å²) in [5, 5.41) is 3.05. The van der Waals surface area contributed by atoms with Crippen LogP contribution < -0.4 is 11.1 Å². The van der Waals surface area contributed by atoms with Crippen molar-refractivity contribution in [2.75, 3.05) is 0 Å². The molecule has 0 spiro atoms. The Kier molecular flexibility index (Phi) is 3.79. The lowest BCUT2D eigenvalue weighted by atomic mass is 10.0. The van der Waals surface area contributed by atoms with Crippen LogP contribution in [0.1, 0.15) is 37.8 Å². The van der Waals surface area contributed by atoms with Crippen molar-refractivity contribution in [3.8, 4) is 0 Å². The average molecular weight is 232 g/mol. The maximum Gasteiger partial charge on any atom is 0.225 e. The quantitative estimate of drug-likeness (QED) is 0.837. The second-order valence-electron chi connectivity index (χ2n) is 4.84. The molecule has 0 aromatic heterocycles. The molecular formula is C14H20N2O. The first-order valence-electron chi connectivity index (χ1n) is 6.29. The normalized spacial score (nSPS) is 25.5. The summed E-state index contributed by atoms with van der Waals surface area (Å²) in [7, 11) is 0. The van der Waals surface area contributed by atoms with Crippen LogP contribution in [0.4, 0.5) is 0 Å². The maximum atomic E-state index is 12.0. The highest BCUT2D eigenvalue weighted by Gasteiger charge is 2.30. The standard InChI is InChI=1S/C14H20N2O/c1-10(11-6-3-2-4-7-11)16-14(17)12-8-5-9-13(12)15/h2-4,6-7,10,12-13H,5,8-9,15H2,1H3,(H,16,17)/t10-,12?,13?/m0/s1. The number of rotatable bonds is 3. The predicted molar refractivity (Wildman–Crippen MR) is 68.3 cm³/mol. The van der Waals surface area contributed by atoms with Crippen molar-refractivity contribution in [1.29, 1.82) is 0 Å². The van der Waals surface area contributed by atoms with Crippen LogP contribution in [0.15, 0.2) is 30.3 Å². The van der Waals surface area contributed by atoms with Gasteiger partial charge in [0.05, 0.1) is 12.0 Å². The molecule has 1 saturated carbocycles. The zero-order valence-corrected chi connectivity index (χ0v) is 10.2. The summed E-state index contributed by atoms with van der Waals surface area (Å²) in [6.07, 6.45) is 2.96. The smallest absolute Gasteiger partial charge is 0.225 e. The Balaban J connectivity index is 1.95. The van der Waals surface area contributed by atoms with Gasteiger partial charge in [-0.25, -0.2) is 0 Å². The van der Waals surface area contributed by atoms with E-state index < -0.39 is 0 Å². The molecule has 17 heavy (non-hydrogen) atoms. The molecule has 3 nitrogen and oxygen atoms in total. The molecule has 1 fully saturated rings. The molecular weight excluding hydrogens is 212 g/mol. The van der Waals surface area contributed by atoms with Crippen LogP contribution in [0.25, 0.3) is 0 Å². The van der Waals surface area contributed by atoms with Crippen LogP contribution in [0.3, 0.4) is 0 Å². The summed E-state index contributed by atoms with van der Waals surface area (Å²) < 4.78 is 0. The van der Waals surface area contributed by atoms with Crippen molar-refractivity contribution in [3.05, 3.63) is 35.9 Å². The topological polar surface area (TPSA) is 55.1 Å². The molecule has 1 aromatic carbocycles. The third-order valence-electron chi connectivity index (χ3n) is 3.56. The SMILES string of the molecule is C[C@H](NC(=O)C1CCCC1N)c1ccccc1. The largest absolute Gasteiger partial charge is 0.349 e. The van der Waals surface area contributed by atoms with Crippen molar-refractivity contribution < 1.29 is 4.79 Å². The van der Waals surface area contributed by atoms with Gasteiger partial charge in [0.1, 0.15) is 0 Å². The molecule has 0 aliphatic heterocycles. The Morgan fingerprint density at radius 2 is 2.06 bits per heavy atom.